The minimum Gasteiger partial charge on any atom is -0.462 e. The molecule has 0 fully saturated rings. The van der Waals surface area contributed by atoms with Crippen molar-refractivity contribution in [3.05, 3.63) is 97.2 Å². The molecule has 5 heteroatoms. The van der Waals surface area contributed by atoms with Crippen molar-refractivity contribution in [3.63, 3.8) is 0 Å². The summed E-state index contributed by atoms with van der Waals surface area (Å²) < 4.78 is 10.4. The molecule has 0 saturated carbocycles. The van der Waals surface area contributed by atoms with Crippen molar-refractivity contribution in [2.45, 2.75) is 97.0 Å². The van der Waals surface area contributed by atoms with Gasteiger partial charge in [-0.2, -0.15) is 0 Å². The van der Waals surface area contributed by atoms with E-state index >= 15 is 0 Å². The Hall–Kier alpha value is -3.18. The van der Waals surface area contributed by atoms with E-state index in [1.165, 1.54) is 0 Å². The topological polar surface area (TPSA) is 72.8 Å². The minimum absolute atomic E-state index is 0.119. The van der Waals surface area contributed by atoms with Crippen molar-refractivity contribution < 1.29 is 24.2 Å². The van der Waals surface area contributed by atoms with Gasteiger partial charge in [0.25, 0.3) is 0 Å². The van der Waals surface area contributed by atoms with Crippen molar-refractivity contribution in [1.29, 1.82) is 0 Å². The van der Waals surface area contributed by atoms with Crippen LogP contribution in [0.5, 0.6) is 0 Å². The number of carbonyl (C=O) groups excluding carboxylic acids is 2. The molecule has 40 heavy (non-hydrogen) atoms. The third-order valence-corrected chi connectivity index (χ3v) is 5.56. The maximum Gasteiger partial charge on any atom is 0.306 e. The zero-order valence-corrected chi connectivity index (χ0v) is 24.8. The molecular weight excluding hydrogens is 500 g/mol. The third kappa shape index (κ3) is 27.8. The molecule has 0 aliphatic carbocycles. The lowest BCUT2D eigenvalue weighted by Gasteiger charge is -2.15. The smallest absolute Gasteiger partial charge is 0.306 e. The Balaban J connectivity index is 3.83. The molecule has 0 aromatic heterocycles. The van der Waals surface area contributed by atoms with Gasteiger partial charge in [0.2, 0.25) is 0 Å². The van der Waals surface area contributed by atoms with Gasteiger partial charge in [-0.05, 0) is 44.9 Å². The minimum atomic E-state index is -0.814. The average molecular weight is 553 g/mol. The molecule has 0 aromatic rings. The lowest BCUT2D eigenvalue weighted by atomic mass is 10.1. The normalized spacial score (nSPS) is 13.6. The lowest BCUT2D eigenvalue weighted by molar-refractivity contribution is -0.161. The molecule has 0 amide bonds. The first-order chi connectivity index (χ1) is 19.6. The summed E-state index contributed by atoms with van der Waals surface area (Å²) in [6.07, 6.45) is 41.8. The van der Waals surface area contributed by atoms with Crippen LogP contribution in [0.2, 0.25) is 0 Å². The van der Waals surface area contributed by atoms with Gasteiger partial charge in [0.05, 0.1) is 6.61 Å². The number of ether oxygens (including phenoxy) is 2. The largest absolute Gasteiger partial charge is 0.462 e. The fourth-order valence-electron chi connectivity index (χ4n) is 3.35. The van der Waals surface area contributed by atoms with Gasteiger partial charge < -0.3 is 14.6 Å². The number of allylic oxidation sites excluding steroid dienone is 16. The van der Waals surface area contributed by atoms with Gasteiger partial charge in [0.1, 0.15) is 6.61 Å². The molecule has 5 nitrogen and oxygen atoms in total. The van der Waals surface area contributed by atoms with Crippen molar-refractivity contribution in [3.8, 4) is 0 Å². The fraction of sp³-hybridized carbons (Fsp3) is 0.486. The summed E-state index contributed by atoms with van der Waals surface area (Å²) in [4.78, 5) is 24.0. The lowest BCUT2D eigenvalue weighted by Crippen LogP contribution is -2.28. The summed E-state index contributed by atoms with van der Waals surface area (Å²) >= 11 is 0. The van der Waals surface area contributed by atoms with E-state index in [2.05, 4.69) is 44.2 Å². The number of unbranched alkanes of at least 4 members (excludes halogenated alkanes) is 6. The molecule has 0 radical (unpaired) electrons. The molecule has 1 N–H and O–H groups in total. The predicted octanol–water partition coefficient (Wildman–Crippen LogP) is 8.60. The van der Waals surface area contributed by atoms with Crippen LogP contribution < -0.4 is 0 Å². The molecule has 1 atom stereocenters. The number of hydrogen-bond donors (Lipinski definition) is 1. The molecule has 0 spiro atoms. The van der Waals surface area contributed by atoms with Crippen molar-refractivity contribution >= 4 is 11.9 Å². The van der Waals surface area contributed by atoms with E-state index in [0.29, 0.717) is 12.8 Å². The first-order valence-electron chi connectivity index (χ1n) is 14.9. The number of carbonyl (C=O) groups is 2. The van der Waals surface area contributed by atoms with E-state index in [0.717, 1.165) is 57.8 Å². The quantitative estimate of drug-likeness (QED) is 0.0737. The van der Waals surface area contributed by atoms with Crippen LogP contribution in [0.3, 0.4) is 0 Å². The zero-order valence-electron chi connectivity index (χ0n) is 24.8. The summed E-state index contributed by atoms with van der Waals surface area (Å²) in [6.45, 7) is 3.73. The van der Waals surface area contributed by atoms with Gasteiger partial charge >= 0.3 is 11.9 Å². The van der Waals surface area contributed by atoms with E-state index < -0.39 is 6.10 Å². The molecular formula is C35H52O5. The van der Waals surface area contributed by atoms with E-state index in [1.54, 1.807) is 0 Å². The van der Waals surface area contributed by atoms with Crippen LogP contribution in [0.25, 0.3) is 0 Å². The van der Waals surface area contributed by atoms with Gasteiger partial charge in [-0.1, -0.05) is 130 Å². The number of rotatable bonds is 24. The highest BCUT2D eigenvalue weighted by molar-refractivity contribution is 5.70. The van der Waals surface area contributed by atoms with Gasteiger partial charge in [-0.3, -0.25) is 9.59 Å². The molecule has 0 heterocycles. The van der Waals surface area contributed by atoms with Crippen LogP contribution in [0.1, 0.15) is 90.9 Å². The molecule has 0 bridgehead atoms. The molecule has 0 aliphatic rings. The highest BCUT2D eigenvalue weighted by atomic mass is 16.6. The van der Waals surface area contributed by atoms with E-state index in [9.17, 15) is 14.7 Å². The molecule has 222 valence electrons. The van der Waals surface area contributed by atoms with E-state index in [4.69, 9.17) is 9.47 Å². The fourth-order valence-corrected chi connectivity index (χ4v) is 3.35. The van der Waals surface area contributed by atoms with Gasteiger partial charge in [0, 0.05) is 12.8 Å². The standard InChI is InChI=1S/C35H52O5/c1-3-5-7-9-11-13-15-17-19-21-23-25-27-29-34(37)39-32-33(31-36)40-35(38)30-28-26-24-22-20-18-16-14-12-10-8-6-4-2/h5-17,19,21,23,33,36H,3-4,18,20,22,24-32H2,1-2H3/b7-5+,8-6+,11-9+,12-10+,15-13+,16-14+,19-17+,23-21+. The van der Waals surface area contributed by atoms with Crippen LogP contribution in [0.4, 0.5) is 0 Å². The van der Waals surface area contributed by atoms with Crippen molar-refractivity contribution in [2.24, 2.45) is 0 Å². The number of aliphatic hydroxyl groups is 1. The predicted molar refractivity (Wildman–Crippen MR) is 168 cm³/mol. The first-order valence-corrected chi connectivity index (χ1v) is 14.9. The molecule has 0 saturated heterocycles. The van der Waals surface area contributed by atoms with E-state index in [1.807, 2.05) is 66.8 Å². The Kier molecular flexibility index (Phi) is 27.9. The summed E-state index contributed by atoms with van der Waals surface area (Å²) in [5.41, 5.74) is 0. The number of hydrogen-bond acceptors (Lipinski definition) is 5. The van der Waals surface area contributed by atoms with Crippen LogP contribution in [0, 0.1) is 0 Å². The second-order valence-corrected chi connectivity index (χ2v) is 9.24. The SMILES string of the molecule is CC/C=C/C=C/C=C/C=C/C=C/CCCC(=O)OCC(CO)OC(=O)CCCCCCC/C=C/C=C/C=C/CC. The second-order valence-electron chi connectivity index (χ2n) is 9.24. The Bertz CT molecular complexity index is 855. The van der Waals surface area contributed by atoms with Crippen LogP contribution >= 0.6 is 0 Å². The molecule has 0 aromatic carbocycles. The van der Waals surface area contributed by atoms with Crippen molar-refractivity contribution in [2.75, 3.05) is 13.2 Å². The molecule has 0 aliphatic heterocycles. The first kappa shape index (κ1) is 36.8. The Morgan fingerprint density at radius 1 is 0.575 bits per heavy atom. The van der Waals surface area contributed by atoms with Crippen LogP contribution in [-0.2, 0) is 19.1 Å². The van der Waals surface area contributed by atoms with Gasteiger partial charge in [0.15, 0.2) is 6.10 Å². The second kappa shape index (κ2) is 30.4. The summed E-state index contributed by atoms with van der Waals surface area (Å²) in [5, 5.41) is 9.46. The molecule has 0 rings (SSSR count). The summed E-state index contributed by atoms with van der Waals surface area (Å²) in [7, 11) is 0. The van der Waals surface area contributed by atoms with E-state index in [-0.39, 0.29) is 31.6 Å². The number of aliphatic hydroxyl groups excluding tert-OH is 1. The Morgan fingerprint density at radius 3 is 1.57 bits per heavy atom. The van der Waals surface area contributed by atoms with Crippen LogP contribution in [0.15, 0.2) is 97.2 Å². The van der Waals surface area contributed by atoms with Gasteiger partial charge in [-0.25, -0.2) is 0 Å². The Labute approximate surface area is 243 Å². The highest BCUT2D eigenvalue weighted by Gasteiger charge is 2.15. The third-order valence-electron chi connectivity index (χ3n) is 5.56. The maximum atomic E-state index is 12.0. The summed E-state index contributed by atoms with van der Waals surface area (Å²) in [6, 6.07) is 0. The van der Waals surface area contributed by atoms with Crippen molar-refractivity contribution in [1.82, 2.24) is 0 Å². The Morgan fingerprint density at radius 2 is 1.02 bits per heavy atom. The summed E-state index contributed by atoms with van der Waals surface area (Å²) in [5.74, 6) is -0.719. The maximum absolute atomic E-state index is 12.0. The average Bonchev–Trinajstić information content (AvgIpc) is 2.96. The molecule has 1 unspecified atom stereocenters. The number of esters is 2. The van der Waals surface area contributed by atoms with Crippen LogP contribution in [-0.4, -0.2) is 36.4 Å². The highest BCUT2D eigenvalue weighted by Crippen LogP contribution is 2.09. The monoisotopic (exact) mass is 552 g/mol. The zero-order chi connectivity index (χ0) is 29.4. The van der Waals surface area contributed by atoms with Gasteiger partial charge in [-0.15, -0.1) is 0 Å².